The molecular formula is C17H22F2N2O3. The highest BCUT2D eigenvalue weighted by atomic mass is 19.1. The van der Waals surface area contributed by atoms with Gasteiger partial charge in [0.1, 0.15) is 11.6 Å². The predicted molar refractivity (Wildman–Crippen MR) is 84.1 cm³/mol. The Kier molecular flexibility index (Phi) is 5.88. The third-order valence-corrected chi connectivity index (χ3v) is 3.88. The van der Waals surface area contributed by atoms with E-state index in [0.717, 1.165) is 12.1 Å². The van der Waals surface area contributed by atoms with E-state index in [1.54, 1.807) is 4.90 Å². The van der Waals surface area contributed by atoms with Crippen molar-refractivity contribution in [1.82, 2.24) is 10.2 Å². The fourth-order valence-electron chi connectivity index (χ4n) is 3.00. The smallest absolute Gasteiger partial charge is 0.225 e. The summed E-state index contributed by atoms with van der Waals surface area (Å²) < 4.78 is 33.6. The zero-order chi connectivity index (χ0) is 17.9. The van der Waals surface area contributed by atoms with Crippen molar-refractivity contribution in [2.75, 3.05) is 13.1 Å². The molecule has 132 valence electrons. The molecule has 0 aliphatic carbocycles. The molecule has 1 aliphatic rings. The van der Waals surface area contributed by atoms with E-state index >= 15 is 0 Å². The van der Waals surface area contributed by atoms with Crippen LogP contribution >= 0.6 is 0 Å². The van der Waals surface area contributed by atoms with E-state index in [1.807, 2.05) is 13.8 Å². The zero-order valence-electron chi connectivity index (χ0n) is 14.0. The summed E-state index contributed by atoms with van der Waals surface area (Å²) in [6, 6.07) is 2.41. The molecule has 0 saturated carbocycles. The average molecular weight is 340 g/mol. The van der Waals surface area contributed by atoms with Gasteiger partial charge < -0.3 is 15.0 Å². The number of amides is 2. The minimum Gasteiger partial charge on any atom is -0.372 e. The van der Waals surface area contributed by atoms with Gasteiger partial charge in [-0.05, 0) is 26.0 Å². The second-order valence-electron chi connectivity index (χ2n) is 6.15. The summed E-state index contributed by atoms with van der Waals surface area (Å²) in [4.78, 5) is 25.6. The largest absolute Gasteiger partial charge is 0.372 e. The molecule has 0 aromatic heterocycles. The van der Waals surface area contributed by atoms with Crippen molar-refractivity contribution in [2.24, 2.45) is 0 Å². The summed E-state index contributed by atoms with van der Waals surface area (Å²) in [6.45, 7) is 5.79. The molecule has 1 heterocycles. The van der Waals surface area contributed by atoms with Crippen LogP contribution in [0.4, 0.5) is 8.78 Å². The van der Waals surface area contributed by atoms with Crippen LogP contribution in [0.3, 0.4) is 0 Å². The third-order valence-electron chi connectivity index (χ3n) is 3.88. The Morgan fingerprint density at radius 2 is 1.79 bits per heavy atom. The number of morpholine rings is 1. The first-order chi connectivity index (χ1) is 11.3. The molecule has 3 atom stereocenters. The van der Waals surface area contributed by atoms with Gasteiger partial charge in [0, 0.05) is 25.6 Å². The fraction of sp³-hybridized carbons (Fsp3) is 0.529. The Morgan fingerprint density at radius 3 is 2.29 bits per heavy atom. The lowest BCUT2D eigenvalue weighted by Gasteiger charge is -2.36. The SMILES string of the molecule is CC(=O)NC(CC(=O)N1CC(C)OC(C)C1)c1c(F)cccc1F. The van der Waals surface area contributed by atoms with Crippen molar-refractivity contribution in [2.45, 2.75) is 45.4 Å². The van der Waals surface area contributed by atoms with Gasteiger partial charge in [-0.1, -0.05) is 6.07 Å². The van der Waals surface area contributed by atoms with Gasteiger partial charge in [0.05, 0.1) is 24.7 Å². The highest BCUT2D eigenvalue weighted by Crippen LogP contribution is 2.25. The number of halogens is 2. The number of rotatable bonds is 4. The van der Waals surface area contributed by atoms with E-state index in [1.165, 1.54) is 13.0 Å². The second-order valence-corrected chi connectivity index (χ2v) is 6.15. The van der Waals surface area contributed by atoms with Crippen LogP contribution in [-0.2, 0) is 14.3 Å². The summed E-state index contributed by atoms with van der Waals surface area (Å²) in [5, 5.41) is 2.47. The summed E-state index contributed by atoms with van der Waals surface area (Å²) in [7, 11) is 0. The maximum atomic E-state index is 14.0. The van der Waals surface area contributed by atoms with Crippen LogP contribution in [0.5, 0.6) is 0 Å². The van der Waals surface area contributed by atoms with Crippen molar-refractivity contribution in [3.63, 3.8) is 0 Å². The van der Waals surface area contributed by atoms with Crippen molar-refractivity contribution >= 4 is 11.8 Å². The van der Waals surface area contributed by atoms with Gasteiger partial charge in [-0.25, -0.2) is 8.78 Å². The van der Waals surface area contributed by atoms with Crippen LogP contribution in [0.1, 0.15) is 38.8 Å². The Bertz CT molecular complexity index is 594. The van der Waals surface area contributed by atoms with Crippen molar-refractivity contribution < 1.29 is 23.1 Å². The van der Waals surface area contributed by atoms with E-state index < -0.39 is 23.6 Å². The van der Waals surface area contributed by atoms with Crippen LogP contribution in [0, 0.1) is 11.6 Å². The molecule has 1 aromatic rings. The monoisotopic (exact) mass is 340 g/mol. The predicted octanol–water partition coefficient (Wildman–Crippen LogP) is 2.17. The summed E-state index contributed by atoms with van der Waals surface area (Å²) in [6.07, 6.45) is -0.430. The van der Waals surface area contributed by atoms with Crippen molar-refractivity contribution in [3.05, 3.63) is 35.4 Å². The van der Waals surface area contributed by atoms with Gasteiger partial charge in [-0.3, -0.25) is 9.59 Å². The average Bonchev–Trinajstić information content (AvgIpc) is 2.45. The molecular weight excluding hydrogens is 318 g/mol. The lowest BCUT2D eigenvalue weighted by molar-refractivity contribution is -0.143. The highest BCUT2D eigenvalue weighted by molar-refractivity contribution is 5.79. The Morgan fingerprint density at radius 1 is 1.25 bits per heavy atom. The van der Waals surface area contributed by atoms with Crippen LogP contribution in [0.25, 0.3) is 0 Å². The zero-order valence-corrected chi connectivity index (χ0v) is 14.0. The van der Waals surface area contributed by atoms with Crippen molar-refractivity contribution in [3.8, 4) is 0 Å². The molecule has 3 unspecified atom stereocenters. The number of carbonyl (C=O) groups excluding carboxylic acids is 2. The molecule has 0 bridgehead atoms. The van der Waals surface area contributed by atoms with Crippen molar-refractivity contribution in [1.29, 1.82) is 0 Å². The number of benzene rings is 1. The summed E-state index contributed by atoms with van der Waals surface area (Å²) in [5.41, 5.74) is -0.296. The Labute approximate surface area is 140 Å². The topological polar surface area (TPSA) is 58.6 Å². The maximum absolute atomic E-state index is 14.0. The molecule has 2 amide bonds. The molecule has 1 fully saturated rings. The molecule has 5 nitrogen and oxygen atoms in total. The minimum atomic E-state index is -1.05. The summed E-state index contributed by atoms with van der Waals surface area (Å²) in [5.74, 6) is -2.31. The number of carbonyl (C=O) groups is 2. The molecule has 2 rings (SSSR count). The first-order valence-electron chi connectivity index (χ1n) is 7.92. The minimum absolute atomic E-state index is 0.109. The number of nitrogens with zero attached hydrogens (tertiary/aromatic N) is 1. The van der Waals surface area contributed by atoms with E-state index in [0.29, 0.717) is 13.1 Å². The maximum Gasteiger partial charge on any atom is 0.225 e. The number of hydrogen-bond acceptors (Lipinski definition) is 3. The summed E-state index contributed by atoms with van der Waals surface area (Å²) >= 11 is 0. The van der Waals surface area contributed by atoms with Gasteiger partial charge in [-0.2, -0.15) is 0 Å². The van der Waals surface area contributed by atoms with Gasteiger partial charge in [0.2, 0.25) is 11.8 Å². The van der Waals surface area contributed by atoms with Gasteiger partial charge in [-0.15, -0.1) is 0 Å². The lowest BCUT2D eigenvalue weighted by atomic mass is 10.0. The highest BCUT2D eigenvalue weighted by Gasteiger charge is 2.30. The van der Waals surface area contributed by atoms with Crippen LogP contribution < -0.4 is 5.32 Å². The number of nitrogens with one attached hydrogen (secondary N) is 1. The second kappa shape index (κ2) is 7.70. The fourth-order valence-corrected chi connectivity index (χ4v) is 3.00. The van der Waals surface area contributed by atoms with E-state index in [4.69, 9.17) is 4.74 Å². The molecule has 0 radical (unpaired) electrons. The molecule has 24 heavy (non-hydrogen) atoms. The number of ether oxygens (including phenoxy) is 1. The molecule has 0 spiro atoms. The lowest BCUT2D eigenvalue weighted by Crippen LogP contribution is -2.49. The molecule has 1 saturated heterocycles. The molecule has 1 N–H and O–H groups in total. The van der Waals surface area contributed by atoms with Crippen LogP contribution in [0.15, 0.2) is 18.2 Å². The molecule has 1 aromatic carbocycles. The molecule has 1 aliphatic heterocycles. The van der Waals surface area contributed by atoms with E-state index in [2.05, 4.69) is 5.32 Å². The number of hydrogen-bond donors (Lipinski definition) is 1. The first kappa shape index (κ1) is 18.3. The van der Waals surface area contributed by atoms with E-state index in [-0.39, 0.29) is 30.1 Å². The van der Waals surface area contributed by atoms with Crippen LogP contribution in [-0.4, -0.2) is 42.0 Å². The van der Waals surface area contributed by atoms with E-state index in [9.17, 15) is 18.4 Å². The first-order valence-corrected chi connectivity index (χ1v) is 7.92. The Balaban J connectivity index is 2.20. The Hall–Kier alpha value is -2.02. The van der Waals surface area contributed by atoms with Gasteiger partial charge in [0.25, 0.3) is 0 Å². The van der Waals surface area contributed by atoms with Gasteiger partial charge in [0.15, 0.2) is 0 Å². The quantitative estimate of drug-likeness (QED) is 0.914. The normalized spacial score (nSPS) is 22.1. The standard InChI is InChI=1S/C17H22F2N2O3/c1-10-8-21(9-11(2)24-10)16(23)7-15(20-12(3)22)17-13(18)5-4-6-14(17)19/h4-6,10-11,15H,7-9H2,1-3H3,(H,20,22). The van der Waals surface area contributed by atoms with Gasteiger partial charge >= 0.3 is 0 Å². The van der Waals surface area contributed by atoms with Crippen LogP contribution in [0.2, 0.25) is 0 Å². The molecule has 7 heteroatoms. The third kappa shape index (κ3) is 4.50.